The Morgan fingerprint density at radius 1 is 0.767 bits per heavy atom. The molecule has 0 bridgehead atoms. The summed E-state index contributed by atoms with van der Waals surface area (Å²) in [5.41, 5.74) is 3.07. The number of benzene rings is 2. The van der Waals surface area contributed by atoms with E-state index in [4.69, 9.17) is 4.42 Å². The third kappa shape index (κ3) is 5.98. The van der Waals surface area contributed by atoms with Crippen molar-refractivity contribution in [3.8, 4) is 11.1 Å². The second-order valence-electron chi connectivity index (χ2n) is 8.14. The Hall–Kier alpha value is -2.55. The summed E-state index contributed by atoms with van der Waals surface area (Å²) in [6.45, 7) is 6.61. The van der Waals surface area contributed by atoms with Gasteiger partial charge in [0.1, 0.15) is 5.58 Å². The number of nitrogens with zero attached hydrogens (tertiary/aromatic N) is 1. The van der Waals surface area contributed by atoms with Gasteiger partial charge in [-0.15, -0.1) is 0 Å². The van der Waals surface area contributed by atoms with Crippen molar-refractivity contribution >= 4 is 16.7 Å². The molecule has 30 heavy (non-hydrogen) atoms. The molecule has 0 unspecified atom stereocenters. The summed E-state index contributed by atoms with van der Waals surface area (Å²) in [6, 6.07) is 18.0. The molecule has 3 nitrogen and oxygen atoms in total. The van der Waals surface area contributed by atoms with E-state index in [0.717, 1.165) is 29.7 Å². The molecule has 1 heterocycles. The van der Waals surface area contributed by atoms with E-state index in [2.05, 4.69) is 30.9 Å². The largest absolute Gasteiger partial charge is 0.422 e. The van der Waals surface area contributed by atoms with Crippen molar-refractivity contribution in [1.29, 1.82) is 0 Å². The maximum atomic E-state index is 12.6. The molecule has 0 saturated carbocycles. The number of hydrogen-bond donors (Lipinski definition) is 0. The minimum Gasteiger partial charge on any atom is -0.422 e. The monoisotopic (exact) mass is 405 g/mol. The fourth-order valence-electron chi connectivity index (χ4n) is 3.94. The first-order chi connectivity index (χ1) is 14.7. The van der Waals surface area contributed by atoms with Gasteiger partial charge in [0.2, 0.25) is 0 Å². The minimum atomic E-state index is -0.275. The van der Waals surface area contributed by atoms with E-state index in [0.29, 0.717) is 11.1 Å². The average molecular weight is 406 g/mol. The topological polar surface area (TPSA) is 33.5 Å². The van der Waals surface area contributed by atoms with Gasteiger partial charge in [-0.25, -0.2) is 4.79 Å². The van der Waals surface area contributed by atoms with Gasteiger partial charge in [0.05, 0.1) is 5.56 Å². The van der Waals surface area contributed by atoms with Gasteiger partial charge < -0.3 is 9.32 Å². The van der Waals surface area contributed by atoms with E-state index in [-0.39, 0.29) is 5.63 Å². The van der Waals surface area contributed by atoms with Crippen LogP contribution in [0.25, 0.3) is 22.1 Å². The Morgan fingerprint density at radius 3 is 2.07 bits per heavy atom. The lowest BCUT2D eigenvalue weighted by Crippen LogP contribution is -2.25. The van der Waals surface area contributed by atoms with Gasteiger partial charge in [-0.05, 0) is 36.6 Å². The molecule has 0 saturated heterocycles. The average Bonchev–Trinajstić information content (AvgIpc) is 2.78. The predicted molar refractivity (Wildman–Crippen MR) is 128 cm³/mol. The molecular weight excluding hydrogens is 370 g/mol. The first-order valence-corrected chi connectivity index (χ1v) is 11.6. The van der Waals surface area contributed by atoms with Crippen LogP contribution in [0, 0.1) is 0 Å². The molecule has 3 aromatic rings. The third-order valence-corrected chi connectivity index (χ3v) is 5.73. The molecule has 0 aliphatic carbocycles. The first kappa shape index (κ1) is 22.1. The molecule has 2 aromatic carbocycles. The quantitative estimate of drug-likeness (QED) is 0.232. The van der Waals surface area contributed by atoms with Crippen molar-refractivity contribution in [1.82, 2.24) is 0 Å². The fraction of sp³-hybridized carbons (Fsp3) is 0.444. The SMILES string of the molecule is CCCCCCN(CCCCCC)c1ccc2cc(-c3ccccc3)c(=O)oc2c1. The maximum Gasteiger partial charge on any atom is 0.344 e. The van der Waals surface area contributed by atoms with Gasteiger partial charge in [-0.3, -0.25) is 0 Å². The molecule has 0 N–H and O–H groups in total. The van der Waals surface area contributed by atoms with Crippen LogP contribution >= 0.6 is 0 Å². The van der Waals surface area contributed by atoms with Gasteiger partial charge in [-0.1, -0.05) is 82.7 Å². The molecule has 0 aliphatic heterocycles. The van der Waals surface area contributed by atoms with E-state index >= 15 is 0 Å². The Balaban J connectivity index is 1.83. The van der Waals surface area contributed by atoms with Gasteiger partial charge in [0.25, 0.3) is 0 Å². The van der Waals surface area contributed by atoms with Crippen LogP contribution in [0.3, 0.4) is 0 Å². The third-order valence-electron chi connectivity index (χ3n) is 5.73. The molecular formula is C27H35NO2. The van der Waals surface area contributed by atoms with Gasteiger partial charge in [-0.2, -0.15) is 0 Å². The van der Waals surface area contributed by atoms with Crippen LogP contribution in [-0.2, 0) is 0 Å². The highest BCUT2D eigenvalue weighted by atomic mass is 16.4. The maximum absolute atomic E-state index is 12.6. The van der Waals surface area contributed by atoms with Crippen LogP contribution in [0.5, 0.6) is 0 Å². The van der Waals surface area contributed by atoms with Gasteiger partial charge >= 0.3 is 5.63 Å². The molecule has 3 heteroatoms. The van der Waals surface area contributed by atoms with Gasteiger partial charge in [0, 0.05) is 30.2 Å². The van der Waals surface area contributed by atoms with Crippen LogP contribution in [0.4, 0.5) is 5.69 Å². The predicted octanol–water partition coefficient (Wildman–Crippen LogP) is 7.43. The number of unbranched alkanes of at least 4 members (excludes halogenated alkanes) is 6. The van der Waals surface area contributed by atoms with Crippen LogP contribution in [0.2, 0.25) is 0 Å². The van der Waals surface area contributed by atoms with Crippen molar-refractivity contribution in [2.24, 2.45) is 0 Å². The summed E-state index contributed by atoms with van der Waals surface area (Å²) in [5, 5.41) is 0.967. The van der Waals surface area contributed by atoms with Crippen molar-refractivity contribution in [2.45, 2.75) is 65.2 Å². The molecule has 1 aromatic heterocycles. The zero-order valence-corrected chi connectivity index (χ0v) is 18.5. The van der Waals surface area contributed by atoms with Crippen LogP contribution in [0.15, 0.2) is 63.8 Å². The summed E-state index contributed by atoms with van der Waals surface area (Å²) < 4.78 is 5.74. The number of hydrogen-bond acceptors (Lipinski definition) is 3. The number of fused-ring (bicyclic) bond motifs is 1. The lowest BCUT2D eigenvalue weighted by Gasteiger charge is -2.25. The molecule has 0 amide bonds. The summed E-state index contributed by atoms with van der Waals surface area (Å²) in [4.78, 5) is 15.1. The Morgan fingerprint density at radius 2 is 1.43 bits per heavy atom. The normalized spacial score (nSPS) is 11.1. The molecule has 0 spiro atoms. The first-order valence-electron chi connectivity index (χ1n) is 11.6. The van der Waals surface area contributed by atoms with Gasteiger partial charge in [0.15, 0.2) is 0 Å². The van der Waals surface area contributed by atoms with E-state index in [1.54, 1.807) is 0 Å². The molecule has 160 valence electrons. The zero-order chi connectivity index (χ0) is 21.2. The lowest BCUT2D eigenvalue weighted by atomic mass is 10.1. The Bertz CT molecular complexity index is 950. The van der Waals surface area contributed by atoms with E-state index in [1.165, 1.54) is 51.4 Å². The minimum absolute atomic E-state index is 0.275. The van der Waals surface area contributed by atoms with Crippen molar-refractivity contribution in [3.05, 3.63) is 65.0 Å². The molecule has 3 rings (SSSR count). The van der Waals surface area contributed by atoms with Crippen molar-refractivity contribution in [3.63, 3.8) is 0 Å². The van der Waals surface area contributed by atoms with Crippen LogP contribution in [-0.4, -0.2) is 13.1 Å². The number of anilines is 1. The second kappa shape index (κ2) is 11.6. The van der Waals surface area contributed by atoms with Crippen molar-refractivity contribution in [2.75, 3.05) is 18.0 Å². The van der Waals surface area contributed by atoms with Crippen LogP contribution < -0.4 is 10.5 Å². The summed E-state index contributed by atoms with van der Waals surface area (Å²) >= 11 is 0. The Kier molecular flexibility index (Phi) is 8.55. The Labute approximate surface area is 180 Å². The van der Waals surface area contributed by atoms with E-state index in [9.17, 15) is 4.79 Å². The highest BCUT2D eigenvalue weighted by molar-refractivity contribution is 5.84. The van der Waals surface area contributed by atoms with E-state index in [1.807, 2.05) is 42.5 Å². The summed E-state index contributed by atoms with van der Waals surface area (Å²) in [6.07, 6.45) is 10.0. The number of rotatable bonds is 12. The summed E-state index contributed by atoms with van der Waals surface area (Å²) in [7, 11) is 0. The van der Waals surface area contributed by atoms with Crippen molar-refractivity contribution < 1.29 is 4.42 Å². The van der Waals surface area contributed by atoms with E-state index < -0.39 is 0 Å². The summed E-state index contributed by atoms with van der Waals surface area (Å²) in [5.74, 6) is 0. The second-order valence-corrected chi connectivity index (χ2v) is 8.14. The molecule has 0 aliphatic rings. The fourth-order valence-corrected chi connectivity index (χ4v) is 3.94. The molecule has 0 radical (unpaired) electrons. The molecule has 0 atom stereocenters. The smallest absolute Gasteiger partial charge is 0.344 e. The standard InChI is InChI=1S/C27H35NO2/c1-3-5-7-12-18-28(19-13-8-6-4-2)24-17-16-23-20-25(22-14-10-9-11-15-22)27(29)30-26(23)21-24/h9-11,14-17,20-21H,3-8,12-13,18-19H2,1-2H3. The zero-order valence-electron chi connectivity index (χ0n) is 18.5. The highest BCUT2D eigenvalue weighted by Crippen LogP contribution is 2.26. The van der Waals surface area contributed by atoms with Crippen LogP contribution in [0.1, 0.15) is 65.2 Å². The lowest BCUT2D eigenvalue weighted by molar-refractivity contribution is 0.563. The molecule has 0 fully saturated rings. The highest BCUT2D eigenvalue weighted by Gasteiger charge is 2.11.